The monoisotopic (exact) mass is 785 g/mol. The predicted octanol–water partition coefficient (Wildman–Crippen LogP) is 15.6. The van der Waals surface area contributed by atoms with E-state index in [9.17, 15) is 0 Å². The Bertz CT molecular complexity index is 1260. The van der Waals surface area contributed by atoms with Crippen LogP contribution in [-0.2, 0) is 12.8 Å². The smallest absolute Gasteiger partial charge is 0.137 e. The maximum Gasteiger partial charge on any atom is 0.137 e. The first kappa shape index (κ1) is 46.0. The standard InChI is InChI=1S/C27H45NO.C26H43NO/c1-3-5-6-20-29-27-19-18-26(28-21-27)17-12-23-10-15-25(16-11-23)24-13-8-22(7-4-2)9-14-24;1-3-5-6-19-28-26-18-17-25(27-20-26)16-11-22-9-14-24(15-10-22)23-12-7-21(4-2)8-13-23/h18-19,21-25H,3-17,20H2,1-2H3;17-18,20-24H,3-16,19H2,1-2H3/t22-,23-,24-,25-;21-,22-,23-,24-. The van der Waals surface area contributed by atoms with Crippen LogP contribution < -0.4 is 9.47 Å². The Morgan fingerprint density at radius 2 is 0.789 bits per heavy atom. The van der Waals surface area contributed by atoms with Gasteiger partial charge in [0.25, 0.3) is 0 Å². The zero-order valence-corrected chi connectivity index (χ0v) is 37.7. The lowest BCUT2D eigenvalue weighted by molar-refractivity contribution is 0.141. The summed E-state index contributed by atoms with van der Waals surface area (Å²) >= 11 is 0. The summed E-state index contributed by atoms with van der Waals surface area (Å²) in [5.41, 5.74) is 2.48. The molecule has 0 bridgehead atoms. The van der Waals surface area contributed by atoms with Crippen molar-refractivity contribution in [1.29, 1.82) is 0 Å². The molecule has 57 heavy (non-hydrogen) atoms. The molecule has 0 spiro atoms. The van der Waals surface area contributed by atoms with Crippen LogP contribution in [0.2, 0.25) is 0 Å². The molecule has 0 radical (unpaired) electrons. The lowest BCUT2D eigenvalue weighted by Gasteiger charge is -2.38. The van der Waals surface area contributed by atoms with Gasteiger partial charge in [-0.1, -0.05) is 124 Å². The molecule has 2 aromatic heterocycles. The minimum atomic E-state index is 0.818. The van der Waals surface area contributed by atoms with Crippen LogP contribution in [0.1, 0.15) is 212 Å². The number of aromatic nitrogens is 2. The Morgan fingerprint density at radius 3 is 1.11 bits per heavy atom. The van der Waals surface area contributed by atoms with Crippen LogP contribution in [0, 0.1) is 47.3 Å². The van der Waals surface area contributed by atoms with Gasteiger partial charge in [0.1, 0.15) is 11.5 Å². The van der Waals surface area contributed by atoms with Crippen LogP contribution in [0.15, 0.2) is 36.7 Å². The van der Waals surface area contributed by atoms with E-state index in [0.717, 1.165) is 97.7 Å². The molecule has 0 amide bonds. The zero-order chi connectivity index (χ0) is 39.9. The van der Waals surface area contributed by atoms with Crippen molar-refractivity contribution in [2.75, 3.05) is 13.2 Å². The molecule has 0 atom stereocenters. The molecule has 4 nitrogen and oxygen atoms in total. The topological polar surface area (TPSA) is 44.2 Å². The summed E-state index contributed by atoms with van der Waals surface area (Å²) in [7, 11) is 0. The summed E-state index contributed by atoms with van der Waals surface area (Å²) in [6, 6.07) is 8.57. The second-order valence-corrected chi connectivity index (χ2v) is 19.5. The summed E-state index contributed by atoms with van der Waals surface area (Å²) in [4.78, 5) is 9.29. The van der Waals surface area contributed by atoms with Gasteiger partial charge in [-0.2, -0.15) is 0 Å². The van der Waals surface area contributed by atoms with Gasteiger partial charge in [-0.15, -0.1) is 0 Å². The maximum atomic E-state index is 5.78. The minimum Gasteiger partial charge on any atom is -0.492 e. The second kappa shape index (κ2) is 26.9. The van der Waals surface area contributed by atoms with Crippen molar-refractivity contribution in [3.63, 3.8) is 0 Å². The molecule has 0 aromatic carbocycles. The average molecular weight is 785 g/mol. The van der Waals surface area contributed by atoms with Crippen molar-refractivity contribution < 1.29 is 9.47 Å². The first-order chi connectivity index (χ1) is 28.1. The third kappa shape index (κ3) is 16.8. The highest BCUT2D eigenvalue weighted by Gasteiger charge is 2.32. The number of rotatable bonds is 21. The van der Waals surface area contributed by atoms with Crippen molar-refractivity contribution in [1.82, 2.24) is 9.97 Å². The van der Waals surface area contributed by atoms with Crippen LogP contribution in [0.25, 0.3) is 0 Å². The van der Waals surface area contributed by atoms with E-state index in [1.54, 1.807) is 0 Å². The number of unbranched alkanes of at least 4 members (excludes halogenated alkanes) is 4. The Morgan fingerprint density at radius 1 is 0.421 bits per heavy atom. The van der Waals surface area contributed by atoms with E-state index in [1.165, 1.54) is 172 Å². The van der Waals surface area contributed by atoms with Gasteiger partial charge < -0.3 is 9.47 Å². The third-order valence-corrected chi connectivity index (χ3v) is 15.4. The van der Waals surface area contributed by atoms with Crippen LogP contribution in [-0.4, -0.2) is 23.2 Å². The van der Waals surface area contributed by atoms with Crippen LogP contribution in [0.4, 0.5) is 0 Å². The molecule has 6 rings (SSSR count). The number of aryl methyl sites for hydroxylation is 2. The number of hydrogen-bond donors (Lipinski definition) is 0. The lowest BCUT2D eigenvalue weighted by atomic mass is 9.68. The highest BCUT2D eigenvalue weighted by atomic mass is 16.5. The number of hydrogen-bond acceptors (Lipinski definition) is 4. The van der Waals surface area contributed by atoms with Gasteiger partial charge in [-0.25, -0.2) is 0 Å². The number of pyridine rings is 2. The largest absolute Gasteiger partial charge is 0.492 e. The van der Waals surface area contributed by atoms with E-state index in [4.69, 9.17) is 9.47 Å². The van der Waals surface area contributed by atoms with E-state index in [-0.39, 0.29) is 0 Å². The summed E-state index contributed by atoms with van der Waals surface area (Å²) in [5, 5.41) is 0. The van der Waals surface area contributed by atoms with Gasteiger partial charge in [-0.3, -0.25) is 9.97 Å². The van der Waals surface area contributed by atoms with Crippen LogP contribution >= 0.6 is 0 Å². The fourth-order valence-corrected chi connectivity index (χ4v) is 11.4. The normalized spacial score (nSPS) is 27.9. The van der Waals surface area contributed by atoms with Gasteiger partial charge >= 0.3 is 0 Å². The Kier molecular flexibility index (Phi) is 21.7. The molecule has 2 heterocycles. The second-order valence-electron chi connectivity index (χ2n) is 19.5. The first-order valence-electron chi connectivity index (χ1n) is 25.2. The maximum absolute atomic E-state index is 5.78. The van der Waals surface area contributed by atoms with E-state index in [2.05, 4.69) is 61.9 Å². The minimum absolute atomic E-state index is 0.818. The lowest BCUT2D eigenvalue weighted by Crippen LogP contribution is -2.26. The molecular weight excluding hydrogens is 697 g/mol. The summed E-state index contributed by atoms with van der Waals surface area (Å²) < 4.78 is 11.6. The molecule has 4 saturated carbocycles. The Balaban J connectivity index is 0.000000218. The molecule has 0 N–H and O–H groups in total. The van der Waals surface area contributed by atoms with E-state index < -0.39 is 0 Å². The first-order valence-corrected chi connectivity index (χ1v) is 25.2. The van der Waals surface area contributed by atoms with Crippen LogP contribution in [0.3, 0.4) is 0 Å². The SMILES string of the molecule is CCCCCOc1ccc(CC[C@H]2CC[C@H]([C@H]3CC[C@H](CC)CC3)CC2)nc1.CCCCCOc1ccc(CC[C@H]2CC[C@H]([C@H]3CC[C@H](CCC)CC3)CC2)nc1. The quantitative estimate of drug-likeness (QED) is 0.118. The number of ether oxygens (including phenoxy) is 2. The molecule has 0 saturated heterocycles. The van der Waals surface area contributed by atoms with Crippen molar-refractivity contribution in [2.45, 2.75) is 214 Å². The van der Waals surface area contributed by atoms with Gasteiger partial charge in [0.15, 0.2) is 0 Å². The average Bonchev–Trinajstić information content (AvgIpc) is 3.27. The number of nitrogens with zero attached hydrogens (tertiary/aromatic N) is 2. The van der Waals surface area contributed by atoms with Gasteiger partial charge in [0.05, 0.1) is 25.6 Å². The van der Waals surface area contributed by atoms with Crippen molar-refractivity contribution in [3.05, 3.63) is 48.0 Å². The molecule has 4 heteroatoms. The van der Waals surface area contributed by atoms with E-state index in [0.29, 0.717) is 0 Å². The molecule has 0 aliphatic heterocycles. The summed E-state index contributed by atoms with van der Waals surface area (Å²) in [6.45, 7) is 10.8. The van der Waals surface area contributed by atoms with Gasteiger partial charge in [-0.05, 0) is 162 Å². The fourth-order valence-electron chi connectivity index (χ4n) is 11.4. The van der Waals surface area contributed by atoms with Crippen LogP contribution in [0.5, 0.6) is 11.5 Å². The van der Waals surface area contributed by atoms with Gasteiger partial charge in [0, 0.05) is 11.4 Å². The highest BCUT2D eigenvalue weighted by molar-refractivity contribution is 5.20. The molecule has 4 fully saturated rings. The molecule has 4 aliphatic rings. The molecular formula is C53H88N2O2. The van der Waals surface area contributed by atoms with Gasteiger partial charge in [0.2, 0.25) is 0 Å². The Labute approximate surface area is 352 Å². The third-order valence-electron chi connectivity index (χ3n) is 15.4. The molecule has 4 aliphatic carbocycles. The summed E-state index contributed by atoms with van der Waals surface area (Å²) in [5.74, 6) is 9.97. The van der Waals surface area contributed by atoms with Crippen molar-refractivity contribution in [2.24, 2.45) is 47.3 Å². The zero-order valence-electron chi connectivity index (χ0n) is 37.7. The summed E-state index contributed by atoms with van der Waals surface area (Å²) in [6.07, 6.45) is 44.2. The predicted molar refractivity (Wildman–Crippen MR) is 242 cm³/mol. The fraction of sp³-hybridized carbons (Fsp3) is 0.811. The molecule has 322 valence electrons. The van der Waals surface area contributed by atoms with Crippen molar-refractivity contribution in [3.8, 4) is 11.5 Å². The molecule has 2 aromatic rings. The van der Waals surface area contributed by atoms with E-state index in [1.807, 2.05) is 12.4 Å². The van der Waals surface area contributed by atoms with E-state index >= 15 is 0 Å². The Hall–Kier alpha value is -2.10. The van der Waals surface area contributed by atoms with Crippen molar-refractivity contribution >= 4 is 0 Å². The molecule has 0 unspecified atom stereocenters. The highest BCUT2D eigenvalue weighted by Crippen LogP contribution is 2.44.